The number of benzene rings is 1. The Kier molecular flexibility index (Phi) is 4.30. The third kappa shape index (κ3) is 2.70. The number of nitrogens with one attached hydrogen (secondary N) is 1. The molecule has 1 aliphatic rings. The molecule has 1 aromatic rings. The van der Waals surface area contributed by atoms with Crippen molar-refractivity contribution in [2.75, 3.05) is 27.2 Å². The van der Waals surface area contributed by atoms with E-state index in [1.54, 1.807) is 12.1 Å². The fourth-order valence-electron chi connectivity index (χ4n) is 2.87. The second-order valence-electron chi connectivity index (χ2n) is 5.00. The summed E-state index contributed by atoms with van der Waals surface area (Å²) in [6, 6.07) is 7.11. The van der Waals surface area contributed by atoms with Crippen molar-refractivity contribution < 1.29 is 8.78 Å². The van der Waals surface area contributed by atoms with Crippen molar-refractivity contribution in [2.24, 2.45) is 5.92 Å². The smallest absolute Gasteiger partial charge is 0.263 e. The molecule has 0 aliphatic carbocycles. The van der Waals surface area contributed by atoms with Crippen LogP contribution in [0.15, 0.2) is 24.3 Å². The molecule has 1 aromatic carbocycles. The van der Waals surface area contributed by atoms with Crippen LogP contribution < -0.4 is 5.32 Å². The fraction of sp³-hybridized carbons (Fsp3) is 0.571. The minimum Gasteiger partial charge on any atom is -0.319 e. The molecular weight excluding hydrogens is 234 g/mol. The van der Waals surface area contributed by atoms with Crippen LogP contribution in [0.3, 0.4) is 0 Å². The predicted octanol–water partition coefficient (Wildman–Crippen LogP) is 2.84. The Morgan fingerprint density at radius 3 is 2.56 bits per heavy atom. The summed E-state index contributed by atoms with van der Waals surface area (Å²) in [4.78, 5) is 2.30. The molecule has 2 rings (SSSR count). The molecule has 4 heteroatoms. The van der Waals surface area contributed by atoms with Crippen LogP contribution in [0.4, 0.5) is 8.78 Å². The van der Waals surface area contributed by atoms with Gasteiger partial charge in [0.05, 0.1) is 0 Å². The van der Waals surface area contributed by atoms with Crippen molar-refractivity contribution in [3.8, 4) is 0 Å². The molecule has 0 spiro atoms. The highest BCUT2D eigenvalue weighted by Crippen LogP contribution is 2.36. The van der Waals surface area contributed by atoms with Crippen LogP contribution in [0.1, 0.15) is 30.0 Å². The second kappa shape index (κ2) is 5.76. The van der Waals surface area contributed by atoms with Gasteiger partial charge in [0.2, 0.25) is 0 Å². The van der Waals surface area contributed by atoms with E-state index in [0.29, 0.717) is 12.0 Å². The maximum atomic E-state index is 12.5. The van der Waals surface area contributed by atoms with Gasteiger partial charge in [0, 0.05) is 11.6 Å². The average Bonchev–Trinajstić information content (AvgIpc) is 2.71. The molecule has 0 amide bonds. The summed E-state index contributed by atoms with van der Waals surface area (Å²) >= 11 is 0. The summed E-state index contributed by atoms with van der Waals surface area (Å²) in [6.45, 7) is 2.03. The van der Waals surface area contributed by atoms with E-state index in [-0.39, 0.29) is 5.56 Å². The summed E-state index contributed by atoms with van der Waals surface area (Å²) < 4.78 is 25.1. The highest BCUT2D eigenvalue weighted by atomic mass is 19.3. The van der Waals surface area contributed by atoms with Crippen LogP contribution in [0, 0.1) is 5.92 Å². The monoisotopic (exact) mass is 254 g/mol. The van der Waals surface area contributed by atoms with E-state index >= 15 is 0 Å². The standard InChI is InChI=1S/C14H20F2N2/c1-17-9-12-7-8-18(2)13(12)10-3-5-11(6-4-10)14(15)16/h3-6,12-14,17H,7-9H2,1-2H3. The van der Waals surface area contributed by atoms with E-state index in [4.69, 9.17) is 0 Å². The third-order valence-electron chi connectivity index (χ3n) is 3.77. The molecular formula is C14H20F2N2. The van der Waals surface area contributed by atoms with E-state index in [0.717, 1.165) is 25.1 Å². The van der Waals surface area contributed by atoms with Gasteiger partial charge in [-0.05, 0) is 45.1 Å². The second-order valence-corrected chi connectivity index (χ2v) is 5.00. The average molecular weight is 254 g/mol. The molecule has 0 radical (unpaired) electrons. The summed E-state index contributed by atoms with van der Waals surface area (Å²) in [7, 11) is 4.05. The molecule has 18 heavy (non-hydrogen) atoms. The zero-order valence-corrected chi connectivity index (χ0v) is 10.9. The summed E-state index contributed by atoms with van der Waals surface area (Å²) in [6.07, 6.45) is -1.23. The van der Waals surface area contributed by atoms with Crippen molar-refractivity contribution in [1.82, 2.24) is 10.2 Å². The Morgan fingerprint density at radius 1 is 1.33 bits per heavy atom. The van der Waals surface area contributed by atoms with Crippen LogP contribution >= 0.6 is 0 Å². The van der Waals surface area contributed by atoms with Crippen molar-refractivity contribution in [2.45, 2.75) is 18.9 Å². The summed E-state index contributed by atoms with van der Waals surface area (Å²) in [5.74, 6) is 0.553. The molecule has 100 valence electrons. The fourth-order valence-corrected chi connectivity index (χ4v) is 2.87. The maximum Gasteiger partial charge on any atom is 0.263 e. The molecule has 0 aromatic heterocycles. The molecule has 0 bridgehead atoms. The molecule has 2 atom stereocenters. The van der Waals surface area contributed by atoms with E-state index in [2.05, 4.69) is 17.3 Å². The van der Waals surface area contributed by atoms with E-state index in [1.807, 2.05) is 19.2 Å². The molecule has 1 saturated heterocycles. The Bertz CT molecular complexity index is 376. The van der Waals surface area contributed by atoms with Gasteiger partial charge >= 0.3 is 0 Å². The first-order chi connectivity index (χ1) is 8.63. The van der Waals surface area contributed by atoms with Gasteiger partial charge in [-0.25, -0.2) is 8.78 Å². The van der Waals surface area contributed by atoms with Gasteiger partial charge in [-0.2, -0.15) is 0 Å². The quantitative estimate of drug-likeness (QED) is 0.889. The van der Waals surface area contributed by atoms with Crippen molar-refractivity contribution in [3.05, 3.63) is 35.4 Å². The van der Waals surface area contributed by atoms with E-state index in [9.17, 15) is 8.78 Å². The predicted molar refractivity (Wildman–Crippen MR) is 68.8 cm³/mol. The van der Waals surface area contributed by atoms with E-state index in [1.165, 1.54) is 0 Å². The third-order valence-corrected chi connectivity index (χ3v) is 3.77. The highest BCUT2D eigenvalue weighted by Gasteiger charge is 2.32. The first kappa shape index (κ1) is 13.4. The van der Waals surface area contributed by atoms with Gasteiger partial charge in [-0.3, -0.25) is 4.90 Å². The minimum absolute atomic E-state index is 0.101. The van der Waals surface area contributed by atoms with Crippen LogP contribution in [-0.2, 0) is 0 Å². The lowest BCUT2D eigenvalue weighted by atomic mass is 9.93. The number of hydrogen-bond acceptors (Lipinski definition) is 2. The zero-order valence-electron chi connectivity index (χ0n) is 10.9. The van der Waals surface area contributed by atoms with Crippen LogP contribution in [-0.4, -0.2) is 32.1 Å². The van der Waals surface area contributed by atoms with Crippen molar-refractivity contribution >= 4 is 0 Å². The van der Waals surface area contributed by atoms with Gasteiger partial charge in [0.1, 0.15) is 0 Å². The van der Waals surface area contributed by atoms with Crippen molar-refractivity contribution in [3.63, 3.8) is 0 Å². The SMILES string of the molecule is CNCC1CCN(C)C1c1ccc(C(F)F)cc1. The Morgan fingerprint density at radius 2 is 2.00 bits per heavy atom. The van der Waals surface area contributed by atoms with Crippen LogP contribution in [0.2, 0.25) is 0 Å². The molecule has 1 fully saturated rings. The lowest BCUT2D eigenvalue weighted by molar-refractivity contribution is 0.151. The molecule has 1 aliphatic heterocycles. The van der Waals surface area contributed by atoms with Gasteiger partial charge in [0.15, 0.2) is 0 Å². The van der Waals surface area contributed by atoms with Gasteiger partial charge in [-0.15, -0.1) is 0 Å². The van der Waals surface area contributed by atoms with Gasteiger partial charge in [-0.1, -0.05) is 24.3 Å². The van der Waals surface area contributed by atoms with E-state index < -0.39 is 6.43 Å². The maximum absolute atomic E-state index is 12.5. The summed E-state index contributed by atoms with van der Waals surface area (Å²) in [5.41, 5.74) is 1.24. The molecule has 1 N–H and O–H groups in total. The Labute approximate surface area is 107 Å². The lowest BCUT2D eigenvalue weighted by Gasteiger charge is -2.25. The number of alkyl halides is 2. The molecule has 2 nitrogen and oxygen atoms in total. The minimum atomic E-state index is -2.38. The number of rotatable bonds is 4. The normalized spacial score (nSPS) is 24.9. The van der Waals surface area contributed by atoms with Gasteiger partial charge < -0.3 is 5.32 Å². The number of halogens is 2. The highest BCUT2D eigenvalue weighted by molar-refractivity contribution is 5.27. The number of nitrogens with zero attached hydrogens (tertiary/aromatic N) is 1. The van der Waals surface area contributed by atoms with Gasteiger partial charge in [0.25, 0.3) is 6.43 Å². The molecule has 1 heterocycles. The first-order valence-corrected chi connectivity index (χ1v) is 6.36. The number of hydrogen-bond donors (Lipinski definition) is 1. The zero-order chi connectivity index (χ0) is 13.1. The number of likely N-dealkylation sites (tertiary alicyclic amines) is 1. The van der Waals surface area contributed by atoms with Crippen molar-refractivity contribution in [1.29, 1.82) is 0 Å². The molecule has 0 saturated carbocycles. The first-order valence-electron chi connectivity index (χ1n) is 6.36. The van der Waals surface area contributed by atoms with Crippen LogP contribution in [0.5, 0.6) is 0 Å². The molecule has 2 unspecified atom stereocenters. The largest absolute Gasteiger partial charge is 0.319 e. The lowest BCUT2D eigenvalue weighted by Crippen LogP contribution is -2.26. The topological polar surface area (TPSA) is 15.3 Å². The Balaban J connectivity index is 2.18. The van der Waals surface area contributed by atoms with Crippen LogP contribution in [0.25, 0.3) is 0 Å². The summed E-state index contributed by atoms with van der Waals surface area (Å²) in [5, 5.41) is 3.21. The Hall–Kier alpha value is -1.00.